The molecule has 3 nitrogen and oxygen atoms in total. The molecule has 0 aliphatic carbocycles. The van der Waals surface area contributed by atoms with Crippen molar-refractivity contribution in [1.29, 1.82) is 0 Å². The number of hydrogen-bond donors (Lipinski definition) is 1. The Morgan fingerprint density at radius 1 is 1.04 bits per heavy atom. The van der Waals surface area contributed by atoms with E-state index in [1.807, 2.05) is 30.3 Å². The van der Waals surface area contributed by atoms with Gasteiger partial charge in [-0.25, -0.2) is 0 Å². The average Bonchev–Trinajstić information content (AvgIpc) is 2.55. The van der Waals surface area contributed by atoms with Crippen molar-refractivity contribution in [3.63, 3.8) is 0 Å². The van der Waals surface area contributed by atoms with E-state index in [-0.39, 0.29) is 19.1 Å². The van der Waals surface area contributed by atoms with E-state index in [0.717, 1.165) is 5.56 Å². The van der Waals surface area contributed by atoms with Gasteiger partial charge >= 0.3 is 0 Å². The maximum atomic E-state index is 12.4. The lowest BCUT2D eigenvalue weighted by atomic mass is 10.2. The number of carbonyl (C=O) groups excluding carboxylic acids is 1. The van der Waals surface area contributed by atoms with Crippen LogP contribution in [0.15, 0.2) is 54.6 Å². The highest BCUT2D eigenvalue weighted by molar-refractivity contribution is 6.37. The first kappa shape index (κ1) is 17.5. The molecule has 5 heteroatoms. The molecule has 0 saturated heterocycles. The lowest BCUT2D eigenvalue weighted by Gasteiger charge is -2.20. The Balaban J connectivity index is 2.13. The molecule has 1 N–H and O–H groups in total. The molecular formula is C18H17Cl2NO2. The van der Waals surface area contributed by atoms with Gasteiger partial charge in [-0.15, -0.1) is 0 Å². The van der Waals surface area contributed by atoms with Crippen LogP contribution in [0.2, 0.25) is 10.0 Å². The molecule has 120 valence electrons. The van der Waals surface area contributed by atoms with Crippen LogP contribution in [0.3, 0.4) is 0 Å². The first-order chi connectivity index (χ1) is 11.1. The van der Waals surface area contributed by atoms with Crippen LogP contribution in [-0.4, -0.2) is 29.1 Å². The molecule has 0 aromatic heterocycles. The standard InChI is InChI=1S/C18H17Cl2NO2/c19-16-7-4-8-17(20)15(16)9-10-18(23)21(11-12-22)13-14-5-2-1-3-6-14/h1-10,22H,11-13H2/b10-9+. The second-order valence-electron chi connectivity index (χ2n) is 4.94. The Bertz CT molecular complexity index is 666. The topological polar surface area (TPSA) is 40.5 Å². The quantitative estimate of drug-likeness (QED) is 0.799. The smallest absolute Gasteiger partial charge is 0.246 e. The Morgan fingerprint density at radius 2 is 1.70 bits per heavy atom. The summed E-state index contributed by atoms with van der Waals surface area (Å²) in [6.45, 7) is 0.592. The number of nitrogens with zero attached hydrogens (tertiary/aromatic N) is 1. The van der Waals surface area contributed by atoms with E-state index in [2.05, 4.69) is 0 Å². The number of aliphatic hydroxyl groups excluding tert-OH is 1. The van der Waals surface area contributed by atoms with Gasteiger partial charge in [0.1, 0.15) is 0 Å². The van der Waals surface area contributed by atoms with Crippen LogP contribution in [0, 0.1) is 0 Å². The zero-order chi connectivity index (χ0) is 16.7. The molecule has 2 aromatic carbocycles. The predicted octanol–water partition coefficient (Wildman–Crippen LogP) is 4.03. The van der Waals surface area contributed by atoms with E-state index in [1.54, 1.807) is 29.2 Å². The fourth-order valence-electron chi connectivity index (χ4n) is 2.12. The summed E-state index contributed by atoms with van der Waals surface area (Å²) < 4.78 is 0. The predicted molar refractivity (Wildman–Crippen MR) is 94.4 cm³/mol. The van der Waals surface area contributed by atoms with Gasteiger partial charge in [-0.2, -0.15) is 0 Å². The number of amides is 1. The molecule has 0 spiro atoms. The van der Waals surface area contributed by atoms with E-state index in [1.165, 1.54) is 6.08 Å². The SMILES string of the molecule is O=C(/C=C/c1c(Cl)cccc1Cl)N(CCO)Cc1ccccc1. The van der Waals surface area contributed by atoms with Crippen molar-refractivity contribution in [2.75, 3.05) is 13.2 Å². The maximum Gasteiger partial charge on any atom is 0.246 e. The third-order valence-electron chi connectivity index (χ3n) is 3.29. The van der Waals surface area contributed by atoms with E-state index >= 15 is 0 Å². The number of halogens is 2. The minimum Gasteiger partial charge on any atom is -0.395 e. The van der Waals surface area contributed by atoms with Crippen molar-refractivity contribution in [3.05, 3.63) is 75.8 Å². The number of aliphatic hydroxyl groups is 1. The fourth-order valence-corrected chi connectivity index (χ4v) is 2.65. The van der Waals surface area contributed by atoms with Crippen molar-refractivity contribution in [3.8, 4) is 0 Å². The number of benzene rings is 2. The summed E-state index contributed by atoms with van der Waals surface area (Å²) >= 11 is 12.2. The molecule has 0 atom stereocenters. The number of carbonyl (C=O) groups is 1. The summed E-state index contributed by atoms with van der Waals surface area (Å²) in [6.07, 6.45) is 3.02. The van der Waals surface area contributed by atoms with Gasteiger partial charge in [0, 0.05) is 34.8 Å². The molecular weight excluding hydrogens is 333 g/mol. The largest absolute Gasteiger partial charge is 0.395 e. The van der Waals surface area contributed by atoms with Gasteiger partial charge in [0.25, 0.3) is 0 Å². The van der Waals surface area contributed by atoms with Crippen molar-refractivity contribution in [2.45, 2.75) is 6.54 Å². The third kappa shape index (κ3) is 5.10. The summed E-state index contributed by atoms with van der Waals surface area (Å²) in [5.41, 5.74) is 1.60. The third-order valence-corrected chi connectivity index (χ3v) is 3.95. The number of hydrogen-bond acceptors (Lipinski definition) is 2. The monoisotopic (exact) mass is 349 g/mol. The molecule has 0 unspecified atom stereocenters. The Kier molecular flexibility index (Phi) is 6.66. The van der Waals surface area contributed by atoms with E-state index in [0.29, 0.717) is 22.2 Å². The van der Waals surface area contributed by atoms with Crippen LogP contribution < -0.4 is 0 Å². The first-order valence-corrected chi connectivity index (χ1v) is 7.93. The van der Waals surface area contributed by atoms with Gasteiger partial charge in [-0.05, 0) is 23.8 Å². The average molecular weight is 350 g/mol. The van der Waals surface area contributed by atoms with E-state index in [9.17, 15) is 9.90 Å². The maximum absolute atomic E-state index is 12.4. The second kappa shape index (κ2) is 8.73. The van der Waals surface area contributed by atoms with Gasteiger partial charge in [0.15, 0.2) is 0 Å². The summed E-state index contributed by atoms with van der Waals surface area (Å²) in [5, 5.41) is 10.1. The lowest BCUT2D eigenvalue weighted by molar-refractivity contribution is -0.127. The molecule has 0 saturated carbocycles. The minimum atomic E-state index is -0.209. The normalized spacial score (nSPS) is 10.9. The number of rotatable bonds is 6. The van der Waals surface area contributed by atoms with Crippen LogP contribution in [0.4, 0.5) is 0 Å². The van der Waals surface area contributed by atoms with Crippen LogP contribution >= 0.6 is 23.2 Å². The summed E-state index contributed by atoms with van der Waals surface area (Å²) in [5.74, 6) is -0.209. The van der Waals surface area contributed by atoms with Crippen LogP contribution in [0.5, 0.6) is 0 Å². The zero-order valence-corrected chi connectivity index (χ0v) is 14.0. The Morgan fingerprint density at radius 3 is 2.30 bits per heavy atom. The first-order valence-electron chi connectivity index (χ1n) is 7.17. The van der Waals surface area contributed by atoms with Crippen molar-refractivity contribution in [1.82, 2.24) is 4.90 Å². The Labute approximate surface area is 145 Å². The van der Waals surface area contributed by atoms with Crippen LogP contribution in [0.1, 0.15) is 11.1 Å². The van der Waals surface area contributed by atoms with Gasteiger partial charge in [-0.1, -0.05) is 59.6 Å². The summed E-state index contributed by atoms with van der Waals surface area (Å²) in [4.78, 5) is 13.9. The molecule has 2 aromatic rings. The van der Waals surface area contributed by atoms with Crippen molar-refractivity contribution < 1.29 is 9.90 Å². The summed E-state index contributed by atoms with van der Waals surface area (Å²) in [6, 6.07) is 14.8. The van der Waals surface area contributed by atoms with Gasteiger partial charge < -0.3 is 10.0 Å². The molecule has 0 radical (unpaired) electrons. The second-order valence-corrected chi connectivity index (χ2v) is 5.75. The molecule has 2 rings (SSSR count). The van der Waals surface area contributed by atoms with Crippen LogP contribution in [-0.2, 0) is 11.3 Å². The van der Waals surface area contributed by atoms with E-state index in [4.69, 9.17) is 23.2 Å². The molecule has 0 heterocycles. The molecule has 0 fully saturated rings. The fraction of sp³-hybridized carbons (Fsp3) is 0.167. The zero-order valence-electron chi connectivity index (χ0n) is 12.5. The van der Waals surface area contributed by atoms with Crippen molar-refractivity contribution in [2.24, 2.45) is 0 Å². The molecule has 0 aliphatic rings. The highest BCUT2D eigenvalue weighted by atomic mass is 35.5. The van der Waals surface area contributed by atoms with Gasteiger partial charge in [0.2, 0.25) is 5.91 Å². The highest BCUT2D eigenvalue weighted by Gasteiger charge is 2.11. The molecule has 0 aliphatic heterocycles. The van der Waals surface area contributed by atoms with Crippen LogP contribution in [0.25, 0.3) is 6.08 Å². The molecule has 1 amide bonds. The highest BCUT2D eigenvalue weighted by Crippen LogP contribution is 2.25. The van der Waals surface area contributed by atoms with Crippen molar-refractivity contribution >= 4 is 35.2 Å². The summed E-state index contributed by atoms with van der Waals surface area (Å²) in [7, 11) is 0. The van der Waals surface area contributed by atoms with Gasteiger partial charge in [-0.3, -0.25) is 4.79 Å². The Hall–Kier alpha value is -1.81. The van der Waals surface area contributed by atoms with E-state index < -0.39 is 0 Å². The lowest BCUT2D eigenvalue weighted by Crippen LogP contribution is -2.31. The van der Waals surface area contributed by atoms with Gasteiger partial charge in [0.05, 0.1) is 6.61 Å². The minimum absolute atomic E-state index is 0.0980. The molecule has 23 heavy (non-hydrogen) atoms. The molecule has 0 bridgehead atoms.